The number of nitrogens with one attached hydrogen (secondary N) is 2. The van der Waals surface area contributed by atoms with Gasteiger partial charge in [0.15, 0.2) is 0 Å². The average Bonchev–Trinajstić information content (AvgIpc) is 3.26. The van der Waals surface area contributed by atoms with Crippen LogP contribution in [0, 0.1) is 5.92 Å². The molecule has 10 heteroatoms. The molecule has 0 bridgehead atoms. The van der Waals surface area contributed by atoms with Crippen LogP contribution in [0.2, 0.25) is 0 Å². The predicted molar refractivity (Wildman–Crippen MR) is 75.6 cm³/mol. The van der Waals surface area contributed by atoms with E-state index in [0.29, 0.717) is 0 Å². The van der Waals surface area contributed by atoms with Gasteiger partial charge in [-0.3, -0.25) is 0 Å². The molecule has 0 aliphatic heterocycles. The summed E-state index contributed by atoms with van der Waals surface area (Å²) < 4.78 is 67.9. The number of carbonyl (C=O) groups excluding carboxylic acids is 1. The van der Waals surface area contributed by atoms with Crippen molar-refractivity contribution in [2.24, 2.45) is 5.92 Å². The molecule has 0 spiro atoms. The Balaban J connectivity index is 2.32. The molecular weight excluding hydrogens is 337 g/mol. The van der Waals surface area contributed by atoms with E-state index in [9.17, 15) is 26.4 Å². The van der Waals surface area contributed by atoms with Crippen molar-refractivity contribution in [2.45, 2.75) is 23.5 Å². The van der Waals surface area contributed by atoms with Crippen molar-refractivity contribution in [1.29, 1.82) is 0 Å². The fourth-order valence-corrected chi connectivity index (χ4v) is 2.88. The summed E-state index contributed by atoms with van der Waals surface area (Å²) in [5.41, 5.74) is -0.0414. The molecule has 1 aromatic carbocycles. The molecule has 6 nitrogen and oxygen atoms in total. The third-order valence-corrected chi connectivity index (χ3v) is 4.94. The minimum absolute atomic E-state index is 0.0965. The lowest BCUT2D eigenvalue weighted by molar-refractivity contribution is -0.147. The molecule has 0 amide bonds. The van der Waals surface area contributed by atoms with Gasteiger partial charge in [-0.1, -0.05) is 0 Å². The molecule has 2 atom stereocenters. The largest absolute Gasteiger partial charge is 0.465 e. The van der Waals surface area contributed by atoms with Crippen molar-refractivity contribution in [3.63, 3.8) is 0 Å². The summed E-state index contributed by atoms with van der Waals surface area (Å²) in [7, 11) is -1.49. The Morgan fingerprint density at radius 2 is 2.00 bits per heavy atom. The number of rotatable bonds is 5. The lowest BCUT2D eigenvalue weighted by Gasteiger charge is -2.13. The van der Waals surface area contributed by atoms with Crippen LogP contribution in [-0.4, -0.2) is 40.8 Å². The number of methoxy groups -OCH3 is 1. The van der Waals surface area contributed by atoms with Crippen LogP contribution in [0.4, 0.5) is 18.9 Å². The summed E-state index contributed by atoms with van der Waals surface area (Å²) in [6.07, 6.45) is -4.40. The molecule has 1 aromatic rings. The molecule has 0 heterocycles. The number of sulfonamides is 1. The molecule has 1 aliphatic rings. The lowest BCUT2D eigenvalue weighted by atomic mass is 10.1. The Kier molecular flexibility index (Phi) is 4.58. The number of benzene rings is 1. The summed E-state index contributed by atoms with van der Waals surface area (Å²) in [6, 6.07) is 2.67. The van der Waals surface area contributed by atoms with Gasteiger partial charge in [0.2, 0.25) is 10.0 Å². The smallest absolute Gasteiger partial charge is 0.393 e. The first-order chi connectivity index (χ1) is 10.6. The predicted octanol–water partition coefficient (Wildman–Crippen LogP) is 1.74. The van der Waals surface area contributed by atoms with Gasteiger partial charge < -0.3 is 10.1 Å². The van der Waals surface area contributed by atoms with E-state index in [1.807, 2.05) is 0 Å². The topological polar surface area (TPSA) is 84.5 Å². The summed E-state index contributed by atoms with van der Waals surface area (Å²) in [5.74, 6) is -2.32. The van der Waals surface area contributed by atoms with Gasteiger partial charge in [-0.05, 0) is 31.7 Å². The highest BCUT2D eigenvalue weighted by molar-refractivity contribution is 7.89. The van der Waals surface area contributed by atoms with Crippen LogP contribution in [0.1, 0.15) is 16.8 Å². The van der Waals surface area contributed by atoms with E-state index < -0.39 is 34.1 Å². The monoisotopic (exact) mass is 352 g/mol. The van der Waals surface area contributed by atoms with Crippen molar-refractivity contribution in [1.82, 2.24) is 4.72 Å². The van der Waals surface area contributed by atoms with Crippen molar-refractivity contribution >= 4 is 21.7 Å². The van der Waals surface area contributed by atoms with E-state index in [4.69, 9.17) is 0 Å². The van der Waals surface area contributed by atoms with Gasteiger partial charge in [0.1, 0.15) is 0 Å². The van der Waals surface area contributed by atoms with Crippen LogP contribution in [0.25, 0.3) is 0 Å². The normalized spacial score (nSPS) is 20.9. The quantitative estimate of drug-likeness (QED) is 0.789. The number of anilines is 1. The number of hydrogen-bond acceptors (Lipinski definition) is 5. The van der Waals surface area contributed by atoms with Gasteiger partial charge in [-0.2, -0.15) is 13.2 Å². The van der Waals surface area contributed by atoms with Crippen molar-refractivity contribution in [3.05, 3.63) is 23.8 Å². The summed E-state index contributed by atoms with van der Waals surface area (Å²) in [4.78, 5) is 11.6. The van der Waals surface area contributed by atoms with Crippen LogP contribution in [0.5, 0.6) is 0 Å². The van der Waals surface area contributed by atoms with Gasteiger partial charge in [0.05, 0.1) is 23.5 Å². The molecule has 2 rings (SSSR count). The van der Waals surface area contributed by atoms with Crippen LogP contribution in [0.3, 0.4) is 0 Å². The highest BCUT2D eigenvalue weighted by Crippen LogP contribution is 2.46. The van der Waals surface area contributed by atoms with Crippen molar-refractivity contribution < 1.29 is 31.1 Å². The van der Waals surface area contributed by atoms with E-state index in [1.165, 1.54) is 19.2 Å². The third-order valence-electron chi connectivity index (χ3n) is 3.53. The van der Waals surface area contributed by atoms with Crippen LogP contribution < -0.4 is 10.0 Å². The van der Waals surface area contributed by atoms with Gasteiger partial charge in [-0.15, -0.1) is 0 Å². The lowest BCUT2D eigenvalue weighted by Crippen LogP contribution is -2.21. The molecule has 23 heavy (non-hydrogen) atoms. The SMILES string of the molecule is CNS(=O)(=O)c1ccc(NC2CC2C(F)(F)F)c(C(=O)OC)c1. The fourth-order valence-electron chi connectivity index (χ4n) is 2.13. The Morgan fingerprint density at radius 1 is 1.35 bits per heavy atom. The van der Waals surface area contributed by atoms with E-state index in [1.54, 1.807) is 0 Å². The maximum atomic E-state index is 12.6. The zero-order valence-electron chi connectivity index (χ0n) is 12.3. The van der Waals surface area contributed by atoms with Crippen molar-refractivity contribution in [3.8, 4) is 0 Å². The second-order valence-corrected chi connectivity index (χ2v) is 6.93. The molecule has 1 fully saturated rings. The van der Waals surface area contributed by atoms with Gasteiger partial charge in [0, 0.05) is 11.7 Å². The van der Waals surface area contributed by atoms with E-state index in [0.717, 1.165) is 13.2 Å². The first kappa shape index (κ1) is 17.5. The molecule has 0 radical (unpaired) electrons. The minimum Gasteiger partial charge on any atom is -0.465 e. The number of ether oxygens (including phenoxy) is 1. The molecule has 2 unspecified atom stereocenters. The third kappa shape index (κ3) is 3.75. The first-order valence-corrected chi connectivity index (χ1v) is 8.07. The van der Waals surface area contributed by atoms with E-state index in [-0.39, 0.29) is 22.6 Å². The second-order valence-electron chi connectivity index (χ2n) is 5.04. The number of halogens is 3. The number of carbonyl (C=O) groups is 1. The second kappa shape index (κ2) is 6.00. The van der Waals surface area contributed by atoms with Crippen molar-refractivity contribution in [2.75, 3.05) is 19.5 Å². The number of alkyl halides is 3. The van der Waals surface area contributed by atoms with Crippen LogP contribution >= 0.6 is 0 Å². The number of hydrogen-bond donors (Lipinski definition) is 2. The Labute approximate surface area is 131 Å². The van der Waals surface area contributed by atoms with Crippen LogP contribution in [-0.2, 0) is 14.8 Å². The summed E-state index contributed by atoms with van der Waals surface area (Å²) in [6.45, 7) is 0. The van der Waals surface area contributed by atoms with E-state index in [2.05, 4.69) is 14.8 Å². The van der Waals surface area contributed by atoms with Gasteiger partial charge >= 0.3 is 12.1 Å². The molecular formula is C13H15F3N2O4S. The first-order valence-electron chi connectivity index (χ1n) is 6.59. The fraction of sp³-hybridized carbons (Fsp3) is 0.462. The zero-order valence-corrected chi connectivity index (χ0v) is 13.1. The summed E-state index contributed by atoms with van der Waals surface area (Å²) in [5, 5.41) is 2.62. The molecule has 0 saturated heterocycles. The van der Waals surface area contributed by atoms with E-state index >= 15 is 0 Å². The Morgan fingerprint density at radius 3 is 2.48 bits per heavy atom. The Bertz CT molecular complexity index is 718. The number of esters is 1. The van der Waals surface area contributed by atoms with Crippen LogP contribution in [0.15, 0.2) is 23.1 Å². The zero-order chi connectivity index (χ0) is 17.4. The van der Waals surface area contributed by atoms with Gasteiger partial charge in [0.25, 0.3) is 0 Å². The average molecular weight is 352 g/mol. The van der Waals surface area contributed by atoms with Gasteiger partial charge in [-0.25, -0.2) is 17.9 Å². The maximum absolute atomic E-state index is 12.6. The minimum atomic E-state index is -4.31. The molecule has 128 valence electrons. The highest BCUT2D eigenvalue weighted by Gasteiger charge is 2.56. The Hall–Kier alpha value is -1.81. The summed E-state index contributed by atoms with van der Waals surface area (Å²) >= 11 is 0. The molecule has 2 N–H and O–H groups in total. The molecule has 1 saturated carbocycles. The maximum Gasteiger partial charge on any atom is 0.393 e. The molecule has 0 aromatic heterocycles. The highest BCUT2D eigenvalue weighted by atomic mass is 32.2. The standard InChI is InChI=1S/C13H15F3N2O4S/c1-17-23(20,21)7-3-4-10(8(5-7)12(19)22-2)18-11-6-9(11)13(14,15)16/h3-5,9,11,17-18H,6H2,1-2H3. The molecule has 1 aliphatic carbocycles.